The van der Waals surface area contributed by atoms with E-state index in [2.05, 4.69) is 11.3 Å². The molecule has 0 unspecified atom stereocenters. The summed E-state index contributed by atoms with van der Waals surface area (Å²) in [5.41, 5.74) is 0.573. The van der Waals surface area contributed by atoms with E-state index in [0.717, 1.165) is 12.8 Å². The molecular weight excluding hydrogens is 196 g/mol. The van der Waals surface area contributed by atoms with Gasteiger partial charge in [0.2, 0.25) is 0 Å². The maximum absolute atomic E-state index is 10.8. The lowest BCUT2D eigenvalue weighted by molar-refractivity contribution is -0.138. The summed E-state index contributed by atoms with van der Waals surface area (Å²) in [7, 11) is 0. The molecule has 0 aliphatic carbocycles. The molecule has 84 valence electrons. The fourth-order valence-electron chi connectivity index (χ4n) is 0.761. The molecule has 0 saturated heterocycles. The topological polar surface area (TPSA) is 52.6 Å². The predicted octanol–water partition coefficient (Wildman–Crippen LogP) is 1.96. The van der Waals surface area contributed by atoms with E-state index in [-0.39, 0.29) is 11.9 Å². The van der Waals surface area contributed by atoms with Gasteiger partial charge in [0, 0.05) is 5.57 Å². The van der Waals surface area contributed by atoms with Crippen molar-refractivity contribution in [2.75, 3.05) is 6.61 Å². The predicted molar refractivity (Wildman–Crippen MR) is 55.9 cm³/mol. The molecule has 4 nitrogen and oxygen atoms in total. The molecule has 0 N–H and O–H groups in total. The van der Waals surface area contributed by atoms with E-state index in [9.17, 15) is 9.59 Å². The summed E-state index contributed by atoms with van der Waals surface area (Å²) in [5, 5.41) is 0. The maximum atomic E-state index is 10.8. The van der Waals surface area contributed by atoms with Crippen LogP contribution in [0.4, 0.5) is 0 Å². The molecule has 1 rings (SSSR count). The van der Waals surface area contributed by atoms with Crippen molar-refractivity contribution in [3.63, 3.8) is 0 Å². The second-order valence-corrected chi connectivity index (χ2v) is 2.81. The summed E-state index contributed by atoms with van der Waals surface area (Å²) in [4.78, 5) is 20.4. The molecular formula is C11H16O4. The molecule has 0 spiro atoms. The van der Waals surface area contributed by atoms with Gasteiger partial charge in [-0.25, -0.2) is 9.59 Å². The van der Waals surface area contributed by atoms with Crippen molar-refractivity contribution in [2.45, 2.75) is 26.7 Å². The number of carbonyl (C=O) groups is 2. The second-order valence-electron chi connectivity index (χ2n) is 2.81. The molecule has 0 aromatic heterocycles. The highest BCUT2D eigenvalue weighted by Gasteiger charge is 2.04. The van der Waals surface area contributed by atoms with Crippen LogP contribution in [-0.4, -0.2) is 18.5 Å². The normalized spacial score (nSPS) is 11.7. The van der Waals surface area contributed by atoms with Gasteiger partial charge in [-0.15, -0.1) is 0 Å². The summed E-state index contributed by atoms with van der Waals surface area (Å²) in [6, 6.07) is 0. The summed E-state index contributed by atoms with van der Waals surface area (Å²) in [6.07, 6.45) is 4.39. The number of rotatable bonds is 4. The zero-order valence-electron chi connectivity index (χ0n) is 9.12. The molecule has 1 aliphatic rings. The van der Waals surface area contributed by atoms with E-state index in [4.69, 9.17) is 4.74 Å². The van der Waals surface area contributed by atoms with Gasteiger partial charge < -0.3 is 9.47 Å². The molecule has 0 atom stereocenters. The Balaban J connectivity index is 0.000000322. The van der Waals surface area contributed by atoms with Crippen LogP contribution in [0.15, 0.2) is 24.5 Å². The molecule has 0 radical (unpaired) electrons. The largest absolute Gasteiger partial charge is 0.463 e. The summed E-state index contributed by atoms with van der Waals surface area (Å²) in [5.74, 6) is -0.505. The van der Waals surface area contributed by atoms with E-state index in [1.807, 2.05) is 6.92 Å². The van der Waals surface area contributed by atoms with E-state index in [1.54, 1.807) is 6.92 Å². The zero-order valence-corrected chi connectivity index (χ0v) is 9.12. The van der Waals surface area contributed by atoms with E-state index >= 15 is 0 Å². The average molecular weight is 212 g/mol. The Hall–Kier alpha value is -1.58. The highest BCUT2D eigenvalue weighted by atomic mass is 16.5. The van der Waals surface area contributed by atoms with Gasteiger partial charge in [0.05, 0.1) is 12.7 Å². The Labute approximate surface area is 89.6 Å². The minimum atomic E-state index is -0.260. The zero-order chi connectivity index (χ0) is 11.7. The summed E-state index contributed by atoms with van der Waals surface area (Å²) in [6.45, 7) is 7.81. The lowest BCUT2D eigenvalue weighted by Crippen LogP contribution is -2.06. The van der Waals surface area contributed by atoms with Crippen molar-refractivity contribution in [3.8, 4) is 0 Å². The Bertz CT molecular complexity index is 250. The third-order valence-corrected chi connectivity index (χ3v) is 1.50. The van der Waals surface area contributed by atoms with Crippen molar-refractivity contribution in [1.29, 1.82) is 0 Å². The van der Waals surface area contributed by atoms with Crippen LogP contribution in [0.3, 0.4) is 0 Å². The van der Waals surface area contributed by atoms with Crippen molar-refractivity contribution >= 4 is 11.9 Å². The lowest BCUT2D eigenvalue weighted by atomic mass is 10.2. The van der Waals surface area contributed by atoms with Gasteiger partial charge in [0.15, 0.2) is 0 Å². The minimum Gasteiger partial charge on any atom is -0.463 e. The van der Waals surface area contributed by atoms with E-state index in [0.29, 0.717) is 12.2 Å². The van der Waals surface area contributed by atoms with Crippen LogP contribution in [0.5, 0.6) is 0 Å². The summed E-state index contributed by atoms with van der Waals surface area (Å²) < 4.78 is 8.83. The first-order valence-electron chi connectivity index (χ1n) is 4.83. The third kappa shape index (κ3) is 6.49. The van der Waals surface area contributed by atoms with Crippen LogP contribution in [-0.2, 0) is 19.1 Å². The Morgan fingerprint density at radius 1 is 1.53 bits per heavy atom. The van der Waals surface area contributed by atoms with Gasteiger partial charge in [-0.1, -0.05) is 19.9 Å². The smallest absolute Gasteiger partial charge is 0.338 e. The number of hydrogen-bond donors (Lipinski definition) is 0. The van der Waals surface area contributed by atoms with Crippen molar-refractivity contribution in [2.24, 2.45) is 0 Å². The fourth-order valence-corrected chi connectivity index (χ4v) is 0.761. The highest BCUT2D eigenvalue weighted by Crippen LogP contribution is 2.03. The number of ether oxygens (including phenoxy) is 2. The molecule has 0 fully saturated rings. The first-order chi connectivity index (χ1) is 7.11. The van der Waals surface area contributed by atoms with Gasteiger partial charge >= 0.3 is 11.9 Å². The molecule has 0 bridgehead atoms. The van der Waals surface area contributed by atoms with Gasteiger partial charge in [-0.2, -0.15) is 0 Å². The number of hydrogen-bond acceptors (Lipinski definition) is 4. The third-order valence-electron chi connectivity index (χ3n) is 1.50. The van der Waals surface area contributed by atoms with Crippen molar-refractivity contribution in [3.05, 3.63) is 24.5 Å². The number of carbonyl (C=O) groups excluding carboxylic acids is 2. The van der Waals surface area contributed by atoms with Crippen molar-refractivity contribution in [1.82, 2.24) is 0 Å². The first-order valence-corrected chi connectivity index (χ1v) is 4.83. The Morgan fingerprint density at radius 2 is 2.07 bits per heavy atom. The Kier molecular flexibility index (Phi) is 6.97. The van der Waals surface area contributed by atoms with Gasteiger partial charge in [0.1, 0.15) is 6.26 Å². The summed E-state index contributed by atoms with van der Waals surface area (Å²) >= 11 is 0. The van der Waals surface area contributed by atoms with Crippen LogP contribution in [0.25, 0.3) is 0 Å². The van der Waals surface area contributed by atoms with Gasteiger partial charge in [0.25, 0.3) is 0 Å². The number of esters is 2. The molecule has 0 saturated carbocycles. The van der Waals surface area contributed by atoms with Gasteiger partial charge in [-0.3, -0.25) is 0 Å². The molecule has 0 aromatic carbocycles. The quantitative estimate of drug-likeness (QED) is 0.528. The number of cyclic esters (lactones) is 1. The van der Waals surface area contributed by atoms with E-state index < -0.39 is 0 Å². The molecule has 4 heteroatoms. The van der Waals surface area contributed by atoms with Gasteiger partial charge in [-0.05, 0) is 13.3 Å². The molecule has 1 aliphatic heterocycles. The molecule has 1 heterocycles. The Morgan fingerprint density at radius 3 is 2.33 bits per heavy atom. The van der Waals surface area contributed by atoms with Crippen LogP contribution in [0.1, 0.15) is 26.7 Å². The highest BCUT2D eigenvalue weighted by molar-refractivity contribution is 5.87. The van der Waals surface area contributed by atoms with Crippen LogP contribution >= 0.6 is 0 Å². The molecule has 0 amide bonds. The van der Waals surface area contributed by atoms with Crippen LogP contribution < -0.4 is 0 Å². The van der Waals surface area contributed by atoms with Crippen LogP contribution in [0, 0.1) is 0 Å². The monoisotopic (exact) mass is 212 g/mol. The fraction of sp³-hybridized carbons (Fsp3) is 0.455. The molecule has 15 heavy (non-hydrogen) atoms. The SMILES string of the molecule is C=C(CCC)C(=O)OCC.O=C1C=CO1. The maximum Gasteiger partial charge on any atom is 0.338 e. The molecule has 0 aromatic rings. The second kappa shape index (κ2) is 7.79. The average Bonchev–Trinajstić information content (AvgIpc) is 2.16. The minimum absolute atomic E-state index is 0.245. The van der Waals surface area contributed by atoms with Crippen LogP contribution in [0.2, 0.25) is 0 Å². The standard InChI is InChI=1S/C8H14O2.C3H2O2/c1-4-6-7(3)8(9)10-5-2;4-3-1-2-5-3/h3-6H2,1-2H3;1-2H. The van der Waals surface area contributed by atoms with E-state index in [1.165, 1.54) is 12.3 Å². The lowest BCUT2D eigenvalue weighted by Gasteiger charge is -2.01. The first kappa shape index (κ1) is 13.4. The van der Waals surface area contributed by atoms with Crippen molar-refractivity contribution < 1.29 is 19.1 Å².